The van der Waals surface area contributed by atoms with Crippen LogP contribution in [-0.2, 0) is 14.3 Å². The molecule has 3 N–H and O–H groups in total. The first kappa shape index (κ1) is 78.8. The summed E-state index contributed by atoms with van der Waals surface area (Å²) in [7, 11) is 0. The zero-order valence-corrected chi connectivity index (χ0v) is 54.5. The largest absolute Gasteiger partial charge is 0.466 e. The fourth-order valence-corrected chi connectivity index (χ4v) is 11.3. The van der Waals surface area contributed by atoms with E-state index in [2.05, 4.69) is 55.6 Å². The molecule has 2 atom stereocenters. The van der Waals surface area contributed by atoms with Gasteiger partial charge in [-0.2, -0.15) is 0 Å². The molecule has 1 amide bonds. The second-order valence-electron chi connectivity index (χ2n) is 24.9. The van der Waals surface area contributed by atoms with Crippen LogP contribution in [0.5, 0.6) is 0 Å². The van der Waals surface area contributed by atoms with Gasteiger partial charge in [0.25, 0.3) is 0 Å². The Labute approximate surface area is 506 Å². The van der Waals surface area contributed by atoms with Crippen molar-refractivity contribution in [3.63, 3.8) is 0 Å². The number of esters is 1. The highest BCUT2D eigenvalue weighted by molar-refractivity contribution is 5.76. The van der Waals surface area contributed by atoms with Gasteiger partial charge in [-0.15, -0.1) is 0 Å². The van der Waals surface area contributed by atoms with E-state index in [0.717, 1.165) is 51.4 Å². The van der Waals surface area contributed by atoms with Gasteiger partial charge in [-0.25, -0.2) is 0 Å². The topological polar surface area (TPSA) is 95.9 Å². The third kappa shape index (κ3) is 66.8. The summed E-state index contributed by atoms with van der Waals surface area (Å²) in [5.74, 6) is -0.0535. The van der Waals surface area contributed by atoms with Gasteiger partial charge in [-0.1, -0.05) is 339 Å². The lowest BCUT2D eigenvalue weighted by atomic mass is 10.0. The molecule has 0 aromatic heterocycles. The predicted octanol–water partition coefficient (Wildman–Crippen LogP) is 23.6. The Hall–Kier alpha value is -2.18. The minimum absolute atomic E-state index is 0.0109. The zero-order valence-electron chi connectivity index (χ0n) is 54.5. The molecule has 0 fully saturated rings. The van der Waals surface area contributed by atoms with Crippen LogP contribution in [0.2, 0.25) is 0 Å². The van der Waals surface area contributed by atoms with Crippen LogP contribution in [-0.4, -0.2) is 47.4 Å². The molecule has 0 saturated carbocycles. The highest BCUT2D eigenvalue weighted by atomic mass is 16.5. The molecule has 0 spiro atoms. The highest BCUT2D eigenvalue weighted by Gasteiger charge is 2.18. The first-order valence-electron chi connectivity index (χ1n) is 36.4. The number of aliphatic hydroxyl groups is 2. The third-order valence-corrected chi connectivity index (χ3v) is 16.8. The van der Waals surface area contributed by atoms with Crippen molar-refractivity contribution in [2.24, 2.45) is 0 Å². The third-order valence-electron chi connectivity index (χ3n) is 16.8. The molecule has 2 unspecified atom stereocenters. The number of nitrogens with one attached hydrogen (secondary N) is 1. The Morgan fingerprint density at radius 2 is 0.617 bits per heavy atom. The first-order chi connectivity index (χ1) is 40.0. The van der Waals surface area contributed by atoms with Crippen LogP contribution in [0.4, 0.5) is 0 Å². The summed E-state index contributed by atoms with van der Waals surface area (Å²) < 4.78 is 5.48. The minimum Gasteiger partial charge on any atom is -0.466 e. The smallest absolute Gasteiger partial charge is 0.305 e. The van der Waals surface area contributed by atoms with Crippen LogP contribution in [0.3, 0.4) is 0 Å². The molecule has 0 aromatic rings. The quantitative estimate of drug-likeness (QED) is 0.0320. The van der Waals surface area contributed by atoms with E-state index < -0.39 is 12.1 Å². The van der Waals surface area contributed by atoms with Crippen molar-refractivity contribution in [2.45, 2.75) is 405 Å². The summed E-state index contributed by atoms with van der Waals surface area (Å²) in [5, 5.41) is 23.1. The maximum atomic E-state index is 12.5. The molecular weight excluding hydrogens is 995 g/mol. The predicted molar refractivity (Wildman–Crippen MR) is 356 cm³/mol. The summed E-state index contributed by atoms with van der Waals surface area (Å²) in [6, 6.07) is -0.625. The van der Waals surface area contributed by atoms with E-state index in [9.17, 15) is 19.8 Å². The zero-order chi connectivity index (χ0) is 58.5. The van der Waals surface area contributed by atoms with Gasteiger partial charge in [0.2, 0.25) is 5.91 Å². The Kier molecular flexibility index (Phi) is 68.4. The second-order valence-corrected chi connectivity index (χ2v) is 24.9. The fraction of sp³-hybridized carbons (Fsp3) is 0.867. The number of carbonyl (C=O) groups excluding carboxylic acids is 2. The molecule has 0 saturated heterocycles. The molecule has 0 aliphatic rings. The molecule has 0 aliphatic carbocycles. The lowest BCUT2D eigenvalue weighted by Crippen LogP contribution is -2.45. The number of hydrogen-bond acceptors (Lipinski definition) is 5. The molecule has 0 heterocycles. The van der Waals surface area contributed by atoms with Crippen LogP contribution in [0, 0.1) is 0 Å². The van der Waals surface area contributed by atoms with Gasteiger partial charge in [0, 0.05) is 12.8 Å². The molecule has 81 heavy (non-hydrogen) atoms. The number of carbonyl (C=O) groups is 2. The molecule has 0 radical (unpaired) electrons. The molecule has 0 bridgehead atoms. The van der Waals surface area contributed by atoms with Gasteiger partial charge in [0.1, 0.15) is 0 Å². The highest BCUT2D eigenvalue weighted by Crippen LogP contribution is 2.18. The van der Waals surface area contributed by atoms with Gasteiger partial charge in [0.05, 0.1) is 25.4 Å². The molecular formula is C75H141NO5. The number of allylic oxidation sites excluding steroid dienone is 7. The lowest BCUT2D eigenvalue weighted by molar-refractivity contribution is -0.143. The molecule has 0 rings (SSSR count). The summed E-state index contributed by atoms with van der Waals surface area (Å²) in [6.07, 6.45) is 92.2. The number of rotatable bonds is 68. The maximum absolute atomic E-state index is 12.5. The van der Waals surface area contributed by atoms with E-state index in [4.69, 9.17) is 4.74 Å². The minimum atomic E-state index is -0.841. The van der Waals surface area contributed by atoms with Crippen LogP contribution >= 0.6 is 0 Å². The van der Waals surface area contributed by atoms with Crippen molar-refractivity contribution in [1.82, 2.24) is 5.32 Å². The van der Waals surface area contributed by atoms with Gasteiger partial charge < -0.3 is 20.3 Å². The van der Waals surface area contributed by atoms with Crippen LogP contribution in [0.1, 0.15) is 393 Å². The van der Waals surface area contributed by atoms with Crippen molar-refractivity contribution in [3.8, 4) is 0 Å². The second kappa shape index (κ2) is 70.3. The number of amides is 1. The SMILES string of the molecule is CCCCCC/C=C\CCCCCCCC(=O)OCCCCCCCCCCCCCCCCC/C=C\C/C=C\CCCCCCCCCCCCCCCCCCCC(=O)NC(CO)C(O)/C=C/CCCCCCCCCCCC. The van der Waals surface area contributed by atoms with Gasteiger partial charge >= 0.3 is 5.97 Å². The Balaban J connectivity index is 3.35. The van der Waals surface area contributed by atoms with E-state index in [1.807, 2.05) is 6.08 Å². The van der Waals surface area contributed by atoms with Gasteiger partial charge in [-0.3, -0.25) is 9.59 Å². The average Bonchev–Trinajstić information content (AvgIpc) is 3.47. The normalized spacial score (nSPS) is 12.8. The van der Waals surface area contributed by atoms with E-state index in [1.54, 1.807) is 6.08 Å². The Morgan fingerprint density at radius 1 is 0.346 bits per heavy atom. The summed E-state index contributed by atoms with van der Waals surface area (Å²) in [6.45, 7) is 4.90. The number of hydrogen-bond donors (Lipinski definition) is 3. The maximum Gasteiger partial charge on any atom is 0.305 e. The number of unbranched alkanes of at least 4 members (excludes halogenated alkanes) is 51. The lowest BCUT2D eigenvalue weighted by Gasteiger charge is -2.20. The van der Waals surface area contributed by atoms with Gasteiger partial charge in [-0.05, 0) is 89.9 Å². The van der Waals surface area contributed by atoms with E-state index >= 15 is 0 Å². The van der Waals surface area contributed by atoms with Crippen LogP contribution in [0.25, 0.3) is 0 Å². The van der Waals surface area contributed by atoms with Crippen molar-refractivity contribution in [3.05, 3.63) is 48.6 Å². The molecule has 6 heteroatoms. The average molecular weight is 1140 g/mol. The standard InChI is InChI=1S/C75H141NO5/c1-3-5-7-9-11-13-15-44-49-53-57-61-65-69-75(80)81-70-66-62-58-54-50-46-43-41-39-37-35-33-31-29-27-25-23-21-19-17-18-20-22-24-26-28-30-32-34-36-38-40-42-45-48-52-56-60-64-68-74(79)76-72(71-77)73(78)67-63-59-55-51-47-16-14-12-10-8-6-4-2/h13,15,17-18,21,23,63,67,72-73,77-78H,3-12,14,16,19-20,22,24-62,64-66,68-71H2,1-2H3,(H,76,79)/b15-13-,18-17-,23-21-,67-63+. The molecule has 0 aromatic carbocycles. The van der Waals surface area contributed by atoms with Crippen molar-refractivity contribution >= 4 is 11.9 Å². The van der Waals surface area contributed by atoms with Gasteiger partial charge in [0.15, 0.2) is 0 Å². The van der Waals surface area contributed by atoms with Crippen molar-refractivity contribution < 1.29 is 24.5 Å². The number of ether oxygens (including phenoxy) is 1. The molecule has 476 valence electrons. The Morgan fingerprint density at radius 3 is 0.963 bits per heavy atom. The molecule has 6 nitrogen and oxygen atoms in total. The summed E-state index contributed by atoms with van der Waals surface area (Å²) in [4.78, 5) is 24.5. The van der Waals surface area contributed by atoms with Crippen molar-refractivity contribution in [1.29, 1.82) is 0 Å². The fourth-order valence-electron chi connectivity index (χ4n) is 11.3. The number of aliphatic hydroxyl groups excluding tert-OH is 2. The van der Waals surface area contributed by atoms with Crippen molar-refractivity contribution in [2.75, 3.05) is 13.2 Å². The Bertz CT molecular complexity index is 1360. The van der Waals surface area contributed by atoms with E-state index in [1.165, 1.54) is 315 Å². The van der Waals surface area contributed by atoms with E-state index in [-0.39, 0.29) is 18.5 Å². The monoisotopic (exact) mass is 1140 g/mol. The van der Waals surface area contributed by atoms with E-state index in [0.29, 0.717) is 19.4 Å². The summed E-state index contributed by atoms with van der Waals surface area (Å²) >= 11 is 0. The molecule has 0 aliphatic heterocycles. The van der Waals surface area contributed by atoms with Crippen LogP contribution in [0.15, 0.2) is 48.6 Å². The summed E-state index contributed by atoms with van der Waals surface area (Å²) in [5.41, 5.74) is 0. The first-order valence-corrected chi connectivity index (χ1v) is 36.4. The van der Waals surface area contributed by atoms with Crippen LogP contribution < -0.4 is 5.32 Å².